The van der Waals surface area contributed by atoms with E-state index in [1.807, 2.05) is 11.1 Å². The summed E-state index contributed by atoms with van der Waals surface area (Å²) in [6, 6.07) is 3.84. The predicted octanol–water partition coefficient (Wildman–Crippen LogP) is 3.14. The van der Waals surface area contributed by atoms with Gasteiger partial charge in [-0.25, -0.2) is 4.98 Å². The van der Waals surface area contributed by atoms with Crippen LogP contribution in [0.25, 0.3) is 0 Å². The zero-order valence-corrected chi connectivity index (χ0v) is 12.9. The van der Waals surface area contributed by atoms with Crippen LogP contribution in [0.1, 0.15) is 59.7 Å². The van der Waals surface area contributed by atoms with Crippen LogP contribution in [0.4, 0.5) is 0 Å². The summed E-state index contributed by atoms with van der Waals surface area (Å²) in [5.41, 5.74) is 1.21. The molecule has 2 aromatic heterocycles. The summed E-state index contributed by atoms with van der Waals surface area (Å²) in [6.07, 6.45) is 8.32. The lowest BCUT2D eigenvalue weighted by molar-refractivity contribution is 0.0755. The van der Waals surface area contributed by atoms with E-state index in [9.17, 15) is 4.79 Å². The summed E-state index contributed by atoms with van der Waals surface area (Å²) in [5, 5.41) is 0. The van der Waals surface area contributed by atoms with E-state index in [1.165, 1.54) is 30.8 Å². The van der Waals surface area contributed by atoms with Crippen molar-refractivity contribution >= 4 is 5.91 Å². The number of carbonyl (C=O) groups is 1. The Morgan fingerprint density at radius 3 is 2.91 bits per heavy atom. The van der Waals surface area contributed by atoms with Gasteiger partial charge in [0.1, 0.15) is 5.82 Å². The molecule has 0 N–H and O–H groups in total. The van der Waals surface area contributed by atoms with Crippen LogP contribution in [-0.2, 0) is 0 Å². The van der Waals surface area contributed by atoms with Crippen molar-refractivity contribution in [1.82, 2.24) is 14.5 Å². The van der Waals surface area contributed by atoms with Crippen LogP contribution in [-0.4, -0.2) is 33.4 Å². The van der Waals surface area contributed by atoms with E-state index in [2.05, 4.69) is 16.5 Å². The molecule has 1 saturated carbocycles. The molecule has 2 fully saturated rings. The van der Waals surface area contributed by atoms with Crippen molar-refractivity contribution in [3.05, 3.63) is 41.9 Å². The van der Waals surface area contributed by atoms with Gasteiger partial charge in [-0.15, -0.1) is 0 Å². The second kappa shape index (κ2) is 5.30. The topological polar surface area (TPSA) is 51.3 Å². The summed E-state index contributed by atoms with van der Waals surface area (Å²) in [4.78, 5) is 18.9. The lowest BCUT2D eigenvalue weighted by Gasteiger charge is -2.28. The monoisotopic (exact) mass is 299 g/mol. The molecule has 1 saturated heterocycles. The molecule has 1 atom stereocenters. The van der Waals surface area contributed by atoms with Gasteiger partial charge >= 0.3 is 0 Å². The molecule has 1 amide bonds. The standard InChI is InChI=1S/C17H21N3O2/c1-12-10-18-16(13-4-2-5-13)20(12)14-7-8-19(11-14)17(21)15-6-3-9-22-15/h3,6,9-10,13-14H,2,4-5,7-8,11H2,1H3. The number of amides is 1. The molecular formula is C17H21N3O2. The predicted molar refractivity (Wildman–Crippen MR) is 81.8 cm³/mol. The van der Waals surface area contributed by atoms with Gasteiger partial charge in [-0.05, 0) is 38.3 Å². The number of rotatable bonds is 3. The van der Waals surface area contributed by atoms with E-state index in [1.54, 1.807) is 18.4 Å². The number of imidazole rings is 1. The fourth-order valence-electron chi connectivity index (χ4n) is 3.60. The first-order valence-electron chi connectivity index (χ1n) is 8.10. The van der Waals surface area contributed by atoms with Crippen molar-refractivity contribution < 1.29 is 9.21 Å². The molecule has 2 aliphatic rings. The molecule has 0 bridgehead atoms. The first-order chi connectivity index (χ1) is 10.7. The maximum absolute atomic E-state index is 12.4. The summed E-state index contributed by atoms with van der Waals surface area (Å²) >= 11 is 0. The molecule has 0 spiro atoms. The van der Waals surface area contributed by atoms with Crippen molar-refractivity contribution in [2.75, 3.05) is 13.1 Å². The minimum absolute atomic E-state index is 0.00420. The Morgan fingerprint density at radius 2 is 2.23 bits per heavy atom. The van der Waals surface area contributed by atoms with Crippen molar-refractivity contribution in [3.63, 3.8) is 0 Å². The van der Waals surface area contributed by atoms with E-state index >= 15 is 0 Å². The smallest absolute Gasteiger partial charge is 0.289 e. The molecular weight excluding hydrogens is 278 g/mol. The van der Waals surface area contributed by atoms with Gasteiger partial charge in [-0.1, -0.05) is 6.42 Å². The third-order valence-corrected chi connectivity index (χ3v) is 5.03. The van der Waals surface area contributed by atoms with Gasteiger partial charge in [0.05, 0.1) is 12.3 Å². The van der Waals surface area contributed by atoms with Crippen LogP contribution in [0, 0.1) is 6.92 Å². The zero-order chi connectivity index (χ0) is 15.1. The van der Waals surface area contributed by atoms with Gasteiger partial charge in [0.2, 0.25) is 0 Å². The fraction of sp³-hybridized carbons (Fsp3) is 0.529. The van der Waals surface area contributed by atoms with Crippen molar-refractivity contribution in [2.45, 2.75) is 44.6 Å². The third-order valence-electron chi connectivity index (χ3n) is 5.03. The molecule has 5 heteroatoms. The second-order valence-electron chi connectivity index (χ2n) is 6.43. The molecule has 3 heterocycles. The lowest BCUT2D eigenvalue weighted by Crippen LogP contribution is -2.29. The highest BCUT2D eigenvalue weighted by Crippen LogP contribution is 2.38. The number of likely N-dealkylation sites (tertiary alicyclic amines) is 1. The average molecular weight is 299 g/mol. The SMILES string of the molecule is Cc1cnc(C2CCC2)n1C1CCN(C(=O)c2ccco2)C1. The maximum atomic E-state index is 12.4. The number of aryl methyl sites for hydroxylation is 1. The largest absolute Gasteiger partial charge is 0.459 e. The zero-order valence-electron chi connectivity index (χ0n) is 12.9. The van der Waals surface area contributed by atoms with Crippen molar-refractivity contribution in [1.29, 1.82) is 0 Å². The molecule has 1 aliphatic carbocycles. The first-order valence-corrected chi connectivity index (χ1v) is 8.10. The number of nitrogens with zero attached hydrogens (tertiary/aromatic N) is 3. The highest BCUT2D eigenvalue weighted by atomic mass is 16.3. The van der Waals surface area contributed by atoms with Crippen LogP contribution >= 0.6 is 0 Å². The molecule has 1 aliphatic heterocycles. The molecule has 116 valence electrons. The molecule has 2 aromatic rings. The van der Waals surface area contributed by atoms with Crippen molar-refractivity contribution in [3.8, 4) is 0 Å². The maximum Gasteiger partial charge on any atom is 0.289 e. The van der Waals surface area contributed by atoms with Gasteiger partial charge in [-0.3, -0.25) is 4.79 Å². The first kappa shape index (κ1) is 13.6. The molecule has 1 unspecified atom stereocenters. The summed E-state index contributed by atoms with van der Waals surface area (Å²) in [5.74, 6) is 2.27. The quantitative estimate of drug-likeness (QED) is 0.875. The van der Waals surface area contributed by atoms with Gasteiger partial charge in [0.15, 0.2) is 5.76 Å². The Hall–Kier alpha value is -2.04. The van der Waals surface area contributed by atoms with Crippen molar-refractivity contribution in [2.24, 2.45) is 0 Å². The Bertz CT molecular complexity index is 670. The molecule has 0 aromatic carbocycles. The minimum Gasteiger partial charge on any atom is -0.459 e. The Morgan fingerprint density at radius 1 is 1.36 bits per heavy atom. The van der Waals surface area contributed by atoms with E-state index in [0.717, 1.165) is 19.5 Å². The van der Waals surface area contributed by atoms with Crippen LogP contribution < -0.4 is 0 Å². The highest BCUT2D eigenvalue weighted by molar-refractivity contribution is 5.91. The average Bonchev–Trinajstić information content (AvgIpc) is 3.16. The second-order valence-corrected chi connectivity index (χ2v) is 6.43. The Kier molecular flexibility index (Phi) is 3.28. The third kappa shape index (κ3) is 2.16. The van der Waals surface area contributed by atoms with Gasteiger partial charge in [0, 0.05) is 30.9 Å². The fourth-order valence-corrected chi connectivity index (χ4v) is 3.60. The van der Waals surface area contributed by atoms with E-state index in [-0.39, 0.29) is 5.91 Å². The Balaban J connectivity index is 1.53. The van der Waals surface area contributed by atoms with E-state index < -0.39 is 0 Å². The van der Waals surface area contributed by atoms with Gasteiger partial charge in [0.25, 0.3) is 5.91 Å². The lowest BCUT2D eigenvalue weighted by atomic mass is 9.84. The minimum atomic E-state index is -0.00420. The number of hydrogen-bond acceptors (Lipinski definition) is 3. The van der Waals surface area contributed by atoms with Gasteiger partial charge < -0.3 is 13.9 Å². The highest BCUT2D eigenvalue weighted by Gasteiger charge is 2.33. The normalized spacial score (nSPS) is 22.0. The Labute approximate surface area is 129 Å². The number of carbonyl (C=O) groups excluding carboxylic acids is 1. The van der Waals surface area contributed by atoms with Gasteiger partial charge in [-0.2, -0.15) is 0 Å². The van der Waals surface area contributed by atoms with E-state index in [4.69, 9.17) is 4.42 Å². The molecule has 5 nitrogen and oxygen atoms in total. The van der Waals surface area contributed by atoms with Crippen LogP contribution in [0.3, 0.4) is 0 Å². The number of furan rings is 1. The molecule has 4 rings (SSSR count). The van der Waals surface area contributed by atoms with Crippen LogP contribution in [0.5, 0.6) is 0 Å². The van der Waals surface area contributed by atoms with Crippen LogP contribution in [0.2, 0.25) is 0 Å². The number of hydrogen-bond donors (Lipinski definition) is 0. The number of aromatic nitrogens is 2. The summed E-state index contributed by atoms with van der Waals surface area (Å²) < 4.78 is 7.61. The van der Waals surface area contributed by atoms with Crippen LogP contribution in [0.15, 0.2) is 29.0 Å². The molecule has 0 radical (unpaired) electrons. The van der Waals surface area contributed by atoms with E-state index in [0.29, 0.717) is 17.7 Å². The summed E-state index contributed by atoms with van der Waals surface area (Å²) in [6.45, 7) is 3.65. The summed E-state index contributed by atoms with van der Waals surface area (Å²) in [7, 11) is 0. The molecule has 22 heavy (non-hydrogen) atoms.